The van der Waals surface area contributed by atoms with Crippen LogP contribution in [0.1, 0.15) is 31.2 Å². The van der Waals surface area contributed by atoms with Crippen molar-refractivity contribution >= 4 is 5.78 Å². The zero-order valence-electron chi connectivity index (χ0n) is 12.4. The second-order valence-corrected chi connectivity index (χ2v) is 6.46. The van der Waals surface area contributed by atoms with Gasteiger partial charge >= 0.3 is 0 Å². The standard InChI is InChI=1S/C18H23NO2/c1-2-9-19-10-8-18(14-4-3-5-16(20)11-14)12-17(21)7-6-15(18)13-19/h2-5,11,15,20H,1,6-10,12-13H2. The lowest BCUT2D eigenvalue weighted by Crippen LogP contribution is -2.53. The number of aromatic hydroxyl groups is 1. The molecule has 21 heavy (non-hydrogen) atoms. The molecule has 2 fully saturated rings. The molecule has 2 unspecified atom stereocenters. The Hall–Kier alpha value is -1.61. The highest BCUT2D eigenvalue weighted by Gasteiger charge is 2.47. The highest BCUT2D eigenvalue weighted by molar-refractivity contribution is 5.81. The summed E-state index contributed by atoms with van der Waals surface area (Å²) in [5, 5.41) is 9.82. The Balaban J connectivity index is 1.95. The fourth-order valence-electron chi connectivity index (χ4n) is 4.16. The first-order valence-corrected chi connectivity index (χ1v) is 7.78. The van der Waals surface area contributed by atoms with E-state index in [1.165, 1.54) is 0 Å². The first-order chi connectivity index (χ1) is 10.1. The molecule has 0 radical (unpaired) electrons. The lowest BCUT2D eigenvalue weighted by Gasteiger charge is -2.50. The van der Waals surface area contributed by atoms with Crippen molar-refractivity contribution < 1.29 is 9.90 Å². The van der Waals surface area contributed by atoms with Gasteiger partial charge in [-0.05, 0) is 43.0 Å². The highest BCUT2D eigenvalue weighted by Crippen LogP contribution is 2.48. The molecule has 3 heteroatoms. The molecule has 1 saturated heterocycles. The number of hydrogen-bond acceptors (Lipinski definition) is 3. The Morgan fingerprint density at radius 3 is 3.10 bits per heavy atom. The van der Waals surface area contributed by atoms with Gasteiger partial charge in [0.15, 0.2) is 0 Å². The van der Waals surface area contributed by atoms with Gasteiger partial charge < -0.3 is 5.11 Å². The number of carbonyl (C=O) groups excluding carboxylic acids is 1. The minimum atomic E-state index is -0.0776. The highest BCUT2D eigenvalue weighted by atomic mass is 16.3. The van der Waals surface area contributed by atoms with Crippen LogP contribution in [0.2, 0.25) is 0 Å². The average Bonchev–Trinajstić information content (AvgIpc) is 2.48. The van der Waals surface area contributed by atoms with Crippen molar-refractivity contribution in [1.29, 1.82) is 0 Å². The number of phenols is 1. The Morgan fingerprint density at radius 1 is 1.48 bits per heavy atom. The van der Waals surface area contributed by atoms with Crippen LogP contribution in [0.3, 0.4) is 0 Å². The second-order valence-electron chi connectivity index (χ2n) is 6.46. The molecule has 1 aromatic rings. The van der Waals surface area contributed by atoms with Gasteiger partial charge in [0.25, 0.3) is 0 Å². The Labute approximate surface area is 126 Å². The molecule has 3 nitrogen and oxygen atoms in total. The molecule has 112 valence electrons. The predicted octanol–water partition coefficient (Wildman–Crippen LogP) is 2.89. The van der Waals surface area contributed by atoms with Crippen LogP contribution >= 0.6 is 0 Å². The molecule has 0 bridgehead atoms. The van der Waals surface area contributed by atoms with Crippen LogP contribution in [0, 0.1) is 5.92 Å². The minimum Gasteiger partial charge on any atom is -0.508 e. The van der Waals surface area contributed by atoms with Crippen LogP contribution in [0.5, 0.6) is 5.75 Å². The normalized spacial score (nSPS) is 29.9. The monoisotopic (exact) mass is 285 g/mol. The van der Waals surface area contributed by atoms with E-state index in [1.807, 2.05) is 18.2 Å². The predicted molar refractivity (Wildman–Crippen MR) is 83.4 cm³/mol. The van der Waals surface area contributed by atoms with Crippen molar-refractivity contribution in [3.05, 3.63) is 42.5 Å². The fourth-order valence-corrected chi connectivity index (χ4v) is 4.16. The van der Waals surface area contributed by atoms with E-state index in [9.17, 15) is 9.90 Å². The molecule has 1 heterocycles. The molecule has 3 rings (SSSR count). The van der Waals surface area contributed by atoms with Gasteiger partial charge in [0.1, 0.15) is 11.5 Å². The lowest BCUT2D eigenvalue weighted by molar-refractivity contribution is -0.125. The Kier molecular flexibility index (Phi) is 3.85. The molecular formula is C18H23NO2. The zero-order valence-corrected chi connectivity index (χ0v) is 12.4. The largest absolute Gasteiger partial charge is 0.508 e. The van der Waals surface area contributed by atoms with Gasteiger partial charge in [-0.2, -0.15) is 0 Å². The van der Waals surface area contributed by atoms with Crippen molar-refractivity contribution in [2.24, 2.45) is 5.92 Å². The number of carbonyl (C=O) groups is 1. The van der Waals surface area contributed by atoms with E-state index in [1.54, 1.807) is 6.07 Å². The number of rotatable bonds is 3. The smallest absolute Gasteiger partial charge is 0.133 e. The number of fused-ring (bicyclic) bond motifs is 1. The van der Waals surface area contributed by atoms with Crippen LogP contribution < -0.4 is 0 Å². The number of ketones is 1. The second kappa shape index (κ2) is 5.64. The van der Waals surface area contributed by atoms with Crippen molar-refractivity contribution in [2.45, 2.75) is 31.1 Å². The van der Waals surface area contributed by atoms with Gasteiger partial charge in [-0.25, -0.2) is 0 Å². The Bertz CT molecular complexity index is 554. The van der Waals surface area contributed by atoms with E-state index in [4.69, 9.17) is 0 Å². The molecule has 1 N–H and O–H groups in total. The first-order valence-electron chi connectivity index (χ1n) is 7.78. The minimum absolute atomic E-state index is 0.0776. The number of nitrogens with zero attached hydrogens (tertiary/aromatic N) is 1. The molecule has 1 aromatic carbocycles. The molecule has 0 amide bonds. The van der Waals surface area contributed by atoms with Crippen LogP contribution in [-0.2, 0) is 10.2 Å². The molecular weight excluding hydrogens is 262 g/mol. The summed E-state index contributed by atoms with van der Waals surface area (Å²) in [6, 6.07) is 7.53. The van der Waals surface area contributed by atoms with Crippen LogP contribution in [0.15, 0.2) is 36.9 Å². The summed E-state index contributed by atoms with van der Waals surface area (Å²) >= 11 is 0. The maximum atomic E-state index is 12.1. The summed E-state index contributed by atoms with van der Waals surface area (Å²) in [5.41, 5.74) is 1.06. The van der Waals surface area contributed by atoms with Gasteiger partial charge in [0, 0.05) is 31.3 Å². The lowest BCUT2D eigenvalue weighted by atomic mass is 9.59. The molecule has 2 atom stereocenters. The van der Waals surface area contributed by atoms with E-state index in [-0.39, 0.29) is 5.41 Å². The van der Waals surface area contributed by atoms with E-state index in [2.05, 4.69) is 17.5 Å². The van der Waals surface area contributed by atoms with Gasteiger partial charge in [-0.1, -0.05) is 18.2 Å². The van der Waals surface area contributed by atoms with Gasteiger partial charge in [-0.3, -0.25) is 9.69 Å². The summed E-state index contributed by atoms with van der Waals surface area (Å²) in [6.07, 6.45) is 5.23. The average molecular weight is 285 g/mol. The molecule has 0 aromatic heterocycles. The number of phenolic OH excluding ortho intramolecular Hbond substituents is 1. The third-order valence-electron chi connectivity index (χ3n) is 5.23. The molecule has 1 aliphatic heterocycles. The third-order valence-corrected chi connectivity index (χ3v) is 5.23. The zero-order chi connectivity index (χ0) is 14.9. The maximum Gasteiger partial charge on any atom is 0.133 e. The summed E-state index contributed by atoms with van der Waals surface area (Å²) in [6.45, 7) is 6.76. The van der Waals surface area contributed by atoms with E-state index in [0.29, 0.717) is 30.3 Å². The first kappa shape index (κ1) is 14.3. The molecule has 1 saturated carbocycles. The van der Waals surface area contributed by atoms with Crippen LogP contribution in [0.4, 0.5) is 0 Å². The van der Waals surface area contributed by atoms with Crippen LogP contribution in [-0.4, -0.2) is 35.4 Å². The number of benzene rings is 1. The quantitative estimate of drug-likeness (QED) is 0.868. The van der Waals surface area contributed by atoms with Gasteiger partial charge in [0.2, 0.25) is 0 Å². The van der Waals surface area contributed by atoms with Crippen molar-refractivity contribution in [2.75, 3.05) is 19.6 Å². The molecule has 1 aliphatic carbocycles. The van der Waals surface area contributed by atoms with E-state index in [0.717, 1.165) is 38.0 Å². The topological polar surface area (TPSA) is 40.5 Å². The summed E-state index contributed by atoms with van der Waals surface area (Å²) in [4.78, 5) is 14.5. The fraction of sp³-hybridized carbons (Fsp3) is 0.500. The van der Waals surface area contributed by atoms with Crippen molar-refractivity contribution in [3.8, 4) is 5.75 Å². The van der Waals surface area contributed by atoms with Crippen LogP contribution in [0.25, 0.3) is 0 Å². The van der Waals surface area contributed by atoms with Crippen molar-refractivity contribution in [1.82, 2.24) is 4.90 Å². The van der Waals surface area contributed by atoms with Gasteiger partial charge in [0.05, 0.1) is 0 Å². The van der Waals surface area contributed by atoms with Gasteiger partial charge in [-0.15, -0.1) is 6.58 Å². The third kappa shape index (κ3) is 2.62. The number of hydrogen-bond donors (Lipinski definition) is 1. The number of Topliss-reactive ketones (excluding diaryl/α,β-unsaturated/α-hetero) is 1. The maximum absolute atomic E-state index is 12.1. The number of piperidine rings is 1. The Morgan fingerprint density at radius 2 is 2.33 bits per heavy atom. The van der Waals surface area contributed by atoms with E-state index < -0.39 is 0 Å². The van der Waals surface area contributed by atoms with Crippen molar-refractivity contribution in [3.63, 3.8) is 0 Å². The van der Waals surface area contributed by atoms with E-state index >= 15 is 0 Å². The molecule has 0 spiro atoms. The summed E-state index contributed by atoms with van der Waals surface area (Å²) in [5.74, 6) is 1.16. The SMILES string of the molecule is C=CCN1CCC2(c3cccc(O)c3)CC(=O)CCC2C1. The summed E-state index contributed by atoms with van der Waals surface area (Å²) in [7, 11) is 0. The summed E-state index contributed by atoms with van der Waals surface area (Å²) < 4.78 is 0. The number of likely N-dealkylation sites (tertiary alicyclic amines) is 1. The molecule has 2 aliphatic rings.